The van der Waals surface area contributed by atoms with E-state index in [9.17, 15) is 0 Å². The second-order valence-corrected chi connectivity index (χ2v) is 7.81. The number of fused-ring (bicyclic) bond motifs is 1. The SMILES string of the molecule is [2H]c1c([2H])c([2H])c(-c2ccc(N(c3ccccc3)c3ccc4cc(Br)ccc4c3)cc2)c([2H])c1[2H]. The molecule has 1 nitrogen and oxygen atoms in total. The van der Waals surface area contributed by atoms with Crippen LogP contribution in [0.1, 0.15) is 6.85 Å². The van der Waals surface area contributed by atoms with Gasteiger partial charge in [0.1, 0.15) is 0 Å². The van der Waals surface area contributed by atoms with E-state index in [1.807, 2.05) is 48.5 Å². The summed E-state index contributed by atoms with van der Waals surface area (Å²) >= 11 is 3.53. The molecule has 0 aromatic heterocycles. The molecule has 5 aromatic rings. The van der Waals surface area contributed by atoms with Gasteiger partial charge in [0.25, 0.3) is 0 Å². The van der Waals surface area contributed by atoms with Crippen molar-refractivity contribution in [1.29, 1.82) is 0 Å². The maximum Gasteiger partial charge on any atom is 0.0629 e. The Kier molecular flexibility index (Phi) is 3.76. The van der Waals surface area contributed by atoms with Gasteiger partial charge in [0, 0.05) is 21.5 Å². The molecule has 0 aliphatic carbocycles. The zero-order valence-electron chi connectivity index (χ0n) is 21.0. The Morgan fingerprint density at radius 2 is 1.20 bits per heavy atom. The fourth-order valence-corrected chi connectivity index (χ4v) is 3.92. The zero-order valence-corrected chi connectivity index (χ0v) is 17.6. The summed E-state index contributed by atoms with van der Waals surface area (Å²) in [4.78, 5) is 2.13. The van der Waals surface area contributed by atoms with E-state index in [0.717, 1.165) is 32.3 Å². The van der Waals surface area contributed by atoms with Crippen molar-refractivity contribution in [2.24, 2.45) is 0 Å². The largest absolute Gasteiger partial charge is 0.310 e. The quantitative estimate of drug-likeness (QED) is 0.262. The molecule has 0 aliphatic rings. The van der Waals surface area contributed by atoms with Crippen LogP contribution in [0.4, 0.5) is 17.1 Å². The lowest BCUT2D eigenvalue weighted by molar-refractivity contribution is 1.29. The molecule has 0 unspecified atom stereocenters. The van der Waals surface area contributed by atoms with Gasteiger partial charge in [-0.2, -0.15) is 0 Å². The number of halogens is 1. The summed E-state index contributed by atoms with van der Waals surface area (Å²) in [5, 5.41) is 2.25. The van der Waals surface area contributed by atoms with E-state index in [1.165, 1.54) is 0 Å². The van der Waals surface area contributed by atoms with E-state index in [-0.39, 0.29) is 35.8 Å². The van der Waals surface area contributed by atoms with E-state index < -0.39 is 0 Å². The maximum absolute atomic E-state index is 8.29. The lowest BCUT2D eigenvalue weighted by atomic mass is 10.0. The van der Waals surface area contributed by atoms with Crippen LogP contribution in [-0.4, -0.2) is 0 Å². The Bertz CT molecular complexity index is 1520. The summed E-state index contributed by atoms with van der Waals surface area (Å²) in [5.41, 5.74) is 3.64. The molecule has 30 heavy (non-hydrogen) atoms. The van der Waals surface area contributed by atoms with Crippen LogP contribution in [0.5, 0.6) is 0 Å². The molecular weight excluding hydrogens is 430 g/mol. The highest BCUT2D eigenvalue weighted by Gasteiger charge is 2.13. The molecule has 0 saturated carbocycles. The summed E-state index contributed by atoms with van der Waals surface area (Å²) in [5.74, 6) is 0. The van der Waals surface area contributed by atoms with Crippen molar-refractivity contribution in [2.75, 3.05) is 4.90 Å². The number of anilines is 3. The van der Waals surface area contributed by atoms with Gasteiger partial charge in [-0.1, -0.05) is 88.6 Å². The van der Waals surface area contributed by atoms with Crippen molar-refractivity contribution in [3.8, 4) is 11.1 Å². The Labute approximate surface area is 192 Å². The van der Waals surface area contributed by atoms with Crippen molar-refractivity contribution < 1.29 is 6.85 Å². The van der Waals surface area contributed by atoms with Crippen LogP contribution in [0, 0.1) is 0 Å². The smallest absolute Gasteiger partial charge is 0.0629 e. The Hall–Kier alpha value is -3.36. The molecule has 144 valence electrons. The third kappa shape index (κ3) is 3.74. The molecule has 0 saturated heterocycles. The second kappa shape index (κ2) is 8.17. The maximum atomic E-state index is 8.29. The zero-order chi connectivity index (χ0) is 24.7. The second-order valence-electron chi connectivity index (χ2n) is 6.89. The number of benzene rings is 5. The molecular formula is C28H20BrN. The average Bonchev–Trinajstić information content (AvgIpc) is 2.88. The predicted octanol–water partition coefficient (Wildman–Crippen LogP) is 8.74. The highest BCUT2D eigenvalue weighted by molar-refractivity contribution is 9.10. The lowest BCUT2D eigenvalue weighted by Crippen LogP contribution is -2.09. The normalized spacial score (nSPS) is 13.2. The van der Waals surface area contributed by atoms with Gasteiger partial charge in [-0.3, -0.25) is 0 Å². The van der Waals surface area contributed by atoms with Crippen LogP contribution >= 0.6 is 15.9 Å². The van der Waals surface area contributed by atoms with Gasteiger partial charge in [-0.05, 0) is 70.4 Å². The first-order chi connectivity index (χ1) is 16.8. The third-order valence-corrected chi connectivity index (χ3v) is 5.47. The minimum Gasteiger partial charge on any atom is -0.310 e. The van der Waals surface area contributed by atoms with Gasteiger partial charge < -0.3 is 4.90 Å². The van der Waals surface area contributed by atoms with Gasteiger partial charge >= 0.3 is 0 Å². The summed E-state index contributed by atoms with van der Waals surface area (Å²) < 4.78 is 41.4. The number of hydrogen-bond donors (Lipinski definition) is 0. The molecule has 0 fully saturated rings. The molecule has 0 amide bonds. The number of rotatable bonds is 4. The molecule has 0 heterocycles. The number of para-hydroxylation sites is 1. The first kappa shape index (κ1) is 13.8. The standard InChI is InChI=1S/C28H20BrN/c29-25-15-11-24-20-28(18-14-23(24)19-25)30(26-9-5-2-6-10-26)27-16-12-22(13-17-27)21-7-3-1-4-8-21/h1-20H/i1D,3D,4D,7D,8D. The molecule has 0 radical (unpaired) electrons. The molecule has 2 heteroatoms. The lowest BCUT2D eigenvalue weighted by Gasteiger charge is -2.26. The van der Waals surface area contributed by atoms with E-state index in [2.05, 4.69) is 51.2 Å². The summed E-state index contributed by atoms with van der Waals surface area (Å²) in [6, 6.07) is 28.5. The number of nitrogens with zero attached hydrogens (tertiary/aromatic N) is 1. The van der Waals surface area contributed by atoms with Crippen molar-refractivity contribution in [2.45, 2.75) is 0 Å². The van der Waals surface area contributed by atoms with Gasteiger partial charge in [0.15, 0.2) is 0 Å². The Morgan fingerprint density at radius 1 is 0.567 bits per heavy atom. The van der Waals surface area contributed by atoms with Crippen LogP contribution in [0.3, 0.4) is 0 Å². The van der Waals surface area contributed by atoms with Crippen molar-refractivity contribution >= 4 is 43.8 Å². The van der Waals surface area contributed by atoms with E-state index in [0.29, 0.717) is 5.56 Å². The van der Waals surface area contributed by atoms with Crippen molar-refractivity contribution in [1.82, 2.24) is 0 Å². The van der Waals surface area contributed by atoms with E-state index >= 15 is 0 Å². The fourth-order valence-electron chi connectivity index (χ4n) is 3.54. The first-order valence-electron chi connectivity index (χ1n) is 12.1. The van der Waals surface area contributed by atoms with Gasteiger partial charge in [-0.25, -0.2) is 0 Å². The number of hydrogen-bond acceptors (Lipinski definition) is 1. The van der Waals surface area contributed by atoms with Crippen LogP contribution < -0.4 is 4.90 Å². The van der Waals surface area contributed by atoms with E-state index in [4.69, 9.17) is 6.85 Å². The summed E-state index contributed by atoms with van der Waals surface area (Å²) in [6.07, 6.45) is 0. The van der Waals surface area contributed by atoms with Crippen molar-refractivity contribution in [3.63, 3.8) is 0 Å². The molecule has 0 bridgehead atoms. The van der Waals surface area contributed by atoms with Gasteiger partial charge in [-0.15, -0.1) is 0 Å². The Balaban J connectivity index is 1.63. The highest BCUT2D eigenvalue weighted by atomic mass is 79.9. The molecule has 0 aliphatic heterocycles. The van der Waals surface area contributed by atoms with Crippen LogP contribution in [0.15, 0.2) is 126 Å². The molecule has 0 spiro atoms. The van der Waals surface area contributed by atoms with E-state index in [1.54, 1.807) is 12.1 Å². The summed E-state index contributed by atoms with van der Waals surface area (Å²) in [7, 11) is 0. The third-order valence-electron chi connectivity index (χ3n) is 4.97. The topological polar surface area (TPSA) is 3.24 Å². The predicted molar refractivity (Wildman–Crippen MR) is 132 cm³/mol. The minimum atomic E-state index is -0.390. The summed E-state index contributed by atoms with van der Waals surface area (Å²) in [6.45, 7) is 0. The van der Waals surface area contributed by atoms with Gasteiger partial charge in [0.2, 0.25) is 0 Å². The van der Waals surface area contributed by atoms with Crippen molar-refractivity contribution in [3.05, 3.63) is 126 Å². The van der Waals surface area contributed by atoms with Gasteiger partial charge in [0.05, 0.1) is 6.85 Å². The molecule has 5 rings (SSSR count). The first-order valence-corrected chi connectivity index (χ1v) is 10.4. The monoisotopic (exact) mass is 454 g/mol. The molecule has 5 aromatic carbocycles. The minimum absolute atomic E-state index is 0.199. The Morgan fingerprint density at radius 3 is 1.97 bits per heavy atom. The van der Waals surface area contributed by atoms with Crippen LogP contribution in [-0.2, 0) is 0 Å². The highest BCUT2D eigenvalue weighted by Crippen LogP contribution is 2.37. The average molecular weight is 455 g/mol. The molecule has 0 atom stereocenters. The van der Waals surface area contributed by atoms with Crippen LogP contribution in [0.2, 0.25) is 0 Å². The van der Waals surface area contributed by atoms with Crippen LogP contribution in [0.25, 0.3) is 21.9 Å². The fraction of sp³-hybridized carbons (Fsp3) is 0. The molecule has 0 N–H and O–H groups in total.